The topological polar surface area (TPSA) is 35.5 Å². The predicted octanol–water partition coefficient (Wildman–Crippen LogP) is 2.15. The second-order valence-corrected chi connectivity index (χ2v) is 5.28. The van der Waals surface area contributed by atoms with E-state index in [0.717, 1.165) is 0 Å². The minimum Gasteiger partial charge on any atom is -0.460 e. The molecule has 1 saturated heterocycles. The third-order valence-electron chi connectivity index (χ3n) is 2.72. The molecular weight excluding hydrogens is 204 g/mol. The zero-order valence-electron chi connectivity index (χ0n) is 10.3. The maximum Gasteiger partial charge on any atom is 0.313 e. The van der Waals surface area contributed by atoms with Gasteiger partial charge >= 0.3 is 5.97 Å². The zero-order chi connectivity index (χ0) is 12.2. The number of hydrogen-bond donors (Lipinski definition) is 0. The Morgan fingerprint density at radius 3 is 2.44 bits per heavy atom. The van der Waals surface area contributed by atoms with Crippen molar-refractivity contribution in [3.8, 4) is 12.3 Å². The Kier molecular flexibility index (Phi) is 3.98. The van der Waals surface area contributed by atoms with Crippen molar-refractivity contribution in [1.82, 2.24) is 0 Å². The maximum absolute atomic E-state index is 12.2. The van der Waals surface area contributed by atoms with Crippen LogP contribution < -0.4 is 0 Å². The molecule has 3 heteroatoms. The lowest BCUT2D eigenvalue weighted by molar-refractivity contribution is -0.173. The van der Waals surface area contributed by atoms with Gasteiger partial charge in [0.2, 0.25) is 0 Å². The van der Waals surface area contributed by atoms with Crippen molar-refractivity contribution < 1.29 is 14.3 Å². The molecule has 0 saturated carbocycles. The Hall–Kier alpha value is -1.01. The van der Waals surface area contributed by atoms with Crippen LogP contribution in [0.1, 0.15) is 40.0 Å². The van der Waals surface area contributed by atoms with Crippen LogP contribution in [0.2, 0.25) is 0 Å². The number of hydrogen-bond acceptors (Lipinski definition) is 3. The molecule has 90 valence electrons. The minimum atomic E-state index is -0.527. The number of terminal acetylenes is 1. The highest BCUT2D eigenvalue weighted by atomic mass is 16.6. The van der Waals surface area contributed by atoms with Gasteiger partial charge in [-0.05, 0) is 33.6 Å². The number of esters is 1. The van der Waals surface area contributed by atoms with Crippen LogP contribution in [0.25, 0.3) is 0 Å². The van der Waals surface area contributed by atoms with E-state index < -0.39 is 11.0 Å². The van der Waals surface area contributed by atoms with E-state index in [0.29, 0.717) is 32.5 Å². The van der Waals surface area contributed by atoms with Gasteiger partial charge in [0.1, 0.15) is 5.60 Å². The molecule has 3 nitrogen and oxygen atoms in total. The van der Waals surface area contributed by atoms with Gasteiger partial charge in [-0.1, -0.05) is 0 Å². The standard InChI is InChI=1S/C13H20O3/c1-5-6-13(7-9-15-10-8-13)11(14)16-12(2,3)4/h1H,6-10H2,2-4H3. The lowest BCUT2D eigenvalue weighted by Gasteiger charge is -2.35. The summed E-state index contributed by atoms with van der Waals surface area (Å²) in [4.78, 5) is 12.2. The van der Waals surface area contributed by atoms with E-state index in [4.69, 9.17) is 15.9 Å². The van der Waals surface area contributed by atoms with E-state index in [1.807, 2.05) is 20.8 Å². The Morgan fingerprint density at radius 1 is 1.44 bits per heavy atom. The third-order valence-corrected chi connectivity index (χ3v) is 2.72. The van der Waals surface area contributed by atoms with Crippen LogP contribution in [0.4, 0.5) is 0 Å². The summed E-state index contributed by atoms with van der Waals surface area (Å²) in [5.74, 6) is 2.41. The van der Waals surface area contributed by atoms with Crippen molar-refractivity contribution in [3.05, 3.63) is 0 Å². The molecule has 1 fully saturated rings. The van der Waals surface area contributed by atoms with Crippen molar-refractivity contribution in [3.63, 3.8) is 0 Å². The molecule has 0 radical (unpaired) electrons. The number of carbonyl (C=O) groups is 1. The van der Waals surface area contributed by atoms with Crippen LogP contribution in [0.3, 0.4) is 0 Å². The molecule has 0 aliphatic carbocycles. The molecule has 0 N–H and O–H groups in total. The Morgan fingerprint density at radius 2 is 2.00 bits per heavy atom. The molecule has 16 heavy (non-hydrogen) atoms. The van der Waals surface area contributed by atoms with E-state index in [-0.39, 0.29) is 5.97 Å². The van der Waals surface area contributed by atoms with Gasteiger partial charge in [0.15, 0.2) is 0 Å². The fraction of sp³-hybridized carbons (Fsp3) is 0.769. The van der Waals surface area contributed by atoms with Crippen LogP contribution in [-0.4, -0.2) is 24.8 Å². The number of ether oxygens (including phenoxy) is 2. The summed E-state index contributed by atoms with van der Waals surface area (Å²) < 4.78 is 10.7. The highest BCUT2D eigenvalue weighted by Crippen LogP contribution is 2.36. The maximum atomic E-state index is 12.2. The van der Waals surface area contributed by atoms with Crippen molar-refractivity contribution in [2.45, 2.75) is 45.6 Å². The minimum absolute atomic E-state index is 0.179. The fourth-order valence-corrected chi connectivity index (χ4v) is 1.80. The summed E-state index contributed by atoms with van der Waals surface area (Å²) in [6.45, 7) is 6.78. The van der Waals surface area contributed by atoms with Gasteiger partial charge in [0.25, 0.3) is 0 Å². The molecule has 0 spiro atoms. The predicted molar refractivity (Wildman–Crippen MR) is 61.8 cm³/mol. The Bertz CT molecular complexity index is 287. The molecule has 0 atom stereocenters. The molecule has 0 aromatic carbocycles. The first-order chi connectivity index (χ1) is 7.40. The van der Waals surface area contributed by atoms with Crippen molar-refractivity contribution >= 4 is 5.97 Å². The third kappa shape index (κ3) is 3.24. The first-order valence-corrected chi connectivity index (χ1v) is 5.64. The van der Waals surface area contributed by atoms with Crippen LogP contribution in [0.15, 0.2) is 0 Å². The molecular formula is C13H20O3. The average Bonchev–Trinajstić information content (AvgIpc) is 2.17. The van der Waals surface area contributed by atoms with E-state index in [1.54, 1.807) is 0 Å². The monoisotopic (exact) mass is 224 g/mol. The normalized spacial score (nSPS) is 19.9. The summed E-state index contributed by atoms with van der Waals surface area (Å²) >= 11 is 0. The van der Waals surface area contributed by atoms with Crippen LogP contribution in [0.5, 0.6) is 0 Å². The molecule has 1 aliphatic heterocycles. The molecule has 0 aromatic rings. The summed E-state index contributed by atoms with van der Waals surface area (Å²) in [6, 6.07) is 0. The molecule has 1 heterocycles. The van der Waals surface area contributed by atoms with Gasteiger partial charge in [-0.2, -0.15) is 0 Å². The summed E-state index contributed by atoms with van der Waals surface area (Å²) in [5.41, 5.74) is -0.989. The van der Waals surface area contributed by atoms with Crippen molar-refractivity contribution in [1.29, 1.82) is 0 Å². The van der Waals surface area contributed by atoms with Crippen LogP contribution >= 0.6 is 0 Å². The Labute approximate surface area is 97.5 Å². The quantitative estimate of drug-likeness (QED) is 0.532. The lowest BCUT2D eigenvalue weighted by Crippen LogP contribution is -2.41. The van der Waals surface area contributed by atoms with E-state index in [1.165, 1.54) is 0 Å². The van der Waals surface area contributed by atoms with Crippen LogP contribution in [0, 0.1) is 17.8 Å². The van der Waals surface area contributed by atoms with E-state index in [2.05, 4.69) is 5.92 Å². The van der Waals surface area contributed by atoms with Gasteiger partial charge < -0.3 is 9.47 Å². The van der Waals surface area contributed by atoms with Gasteiger partial charge in [0.05, 0.1) is 5.41 Å². The molecule has 0 unspecified atom stereocenters. The smallest absolute Gasteiger partial charge is 0.313 e. The van der Waals surface area contributed by atoms with Gasteiger partial charge in [-0.15, -0.1) is 12.3 Å². The molecule has 0 amide bonds. The average molecular weight is 224 g/mol. The molecule has 0 aromatic heterocycles. The summed E-state index contributed by atoms with van der Waals surface area (Å²) in [5, 5.41) is 0. The number of rotatable bonds is 2. The highest BCUT2D eigenvalue weighted by Gasteiger charge is 2.42. The number of carbonyl (C=O) groups excluding carboxylic acids is 1. The molecule has 1 aliphatic rings. The second-order valence-electron chi connectivity index (χ2n) is 5.28. The first kappa shape index (κ1) is 13.1. The summed E-state index contributed by atoms with van der Waals surface area (Å²) in [7, 11) is 0. The first-order valence-electron chi connectivity index (χ1n) is 5.64. The highest BCUT2D eigenvalue weighted by molar-refractivity contribution is 5.77. The SMILES string of the molecule is C#CCC1(C(=O)OC(C)(C)C)CCOCC1. The van der Waals surface area contributed by atoms with Gasteiger partial charge in [0, 0.05) is 19.6 Å². The largest absolute Gasteiger partial charge is 0.460 e. The molecule has 1 rings (SSSR count). The Balaban J connectivity index is 2.77. The van der Waals surface area contributed by atoms with E-state index >= 15 is 0 Å². The van der Waals surface area contributed by atoms with Gasteiger partial charge in [-0.3, -0.25) is 4.79 Å². The lowest BCUT2D eigenvalue weighted by atomic mass is 9.77. The van der Waals surface area contributed by atoms with Crippen molar-refractivity contribution in [2.24, 2.45) is 5.41 Å². The zero-order valence-corrected chi connectivity index (χ0v) is 10.3. The van der Waals surface area contributed by atoms with Crippen molar-refractivity contribution in [2.75, 3.05) is 13.2 Å². The second kappa shape index (κ2) is 4.88. The fourth-order valence-electron chi connectivity index (χ4n) is 1.80. The van der Waals surface area contributed by atoms with E-state index in [9.17, 15) is 4.79 Å². The van der Waals surface area contributed by atoms with Gasteiger partial charge in [-0.25, -0.2) is 0 Å². The van der Waals surface area contributed by atoms with Crippen LogP contribution in [-0.2, 0) is 14.3 Å². The molecule has 0 bridgehead atoms. The summed E-state index contributed by atoms with van der Waals surface area (Å²) in [6.07, 6.45) is 7.10.